The summed E-state index contributed by atoms with van der Waals surface area (Å²) in [5.74, 6) is -9.56. The summed E-state index contributed by atoms with van der Waals surface area (Å²) >= 11 is 0. The number of anilines is 2. The molecular weight excluding hydrogens is 488 g/mol. The maximum Gasteiger partial charge on any atom is 0.291 e. The number of furan rings is 1. The molecule has 0 aliphatic carbocycles. The van der Waals surface area contributed by atoms with Crippen LogP contribution in [-0.2, 0) is 20.7 Å². The standard InChI is InChI=1S/C22H18F4N6O4/c1-10-14(7-27-31(10)2)29-22(34)19-15(8-28-32(19)3)30-21(33)16-5-4-11(36-16)9-35-20-17(25)12(23)6-13(24)18(20)26/h4-8H,9H2,1-3H3,(H,29,34)(H,30,33). The first kappa shape index (κ1) is 24.5. The van der Waals surface area contributed by atoms with Crippen LogP contribution in [0, 0.1) is 30.2 Å². The number of benzene rings is 1. The fourth-order valence-electron chi connectivity index (χ4n) is 3.18. The van der Waals surface area contributed by atoms with E-state index in [2.05, 4.69) is 20.8 Å². The van der Waals surface area contributed by atoms with Gasteiger partial charge in [0.05, 0.1) is 29.5 Å². The van der Waals surface area contributed by atoms with Gasteiger partial charge in [0.15, 0.2) is 23.1 Å². The Morgan fingerprint density at radius 2 is 1.56 bits per heavy atom. The zero-order valence-corrected chi connectivity index (χ0v) is 19.0. The first-order valence-electron chi connectivity index (χ1n) is 10.2. The van der Waals surface area contributed by atoms with Crippen LogP contribution in [0.4, 0.5) is 28.9 Å². The van der Waals surface area contributed by atoms with E-state index in [0.29, 0.717) is 11.4 Å². The van der Waals surface area contributed by atoms with Crippen LogP contribution < -0.4 is 15.4 Å². The summed E-state index contributed by atoms with van der Waals surface area (Å²) in [4.78, 5) is 25.5. The van der Waals surface area contributed by atoms with Crippen molar-refractivity contribution in [1.29, 1.82) is 0 Å². The van der Waals surface area contributed by atoms with Crippen LogP contribution in [0.3, 0.4) is 0 Å². The average molecular weight is 506 g/mol. The van der Waals surface area contributed by atoms with Crippen molar-refractivity contribution in [2.75, 3.05) is 10.6 Å². The number of rotatable bonds is 7. The molecule has 0 fully saturated rings. The van der Waals surface area contributed by atoms with Gasteiger partial charge in [-0.25, -0.2) is 8.78 Å². The average Bonchev–Trinajstić information content (AvgIpc) is 3.53. The van der Waals surface area contributed by atoms with E-state index in [-0.39, 0.29) is 29.0 Å². The highest BCUT2D eigenvalue weighted by Crippen LogP contribution is 2.27. The fraction of sp³-hybridized carbons (Fsp3) is 0.182. The molecule has 188 valence electrons. The molecule has 4 rings (SSSR count). The summed E-state index contributed by atoms with van der Waals surface area (Å²) < 4.78 is 67.1. The Bertz CT molecular complexity index is 1450. The molecule has 0 aliphatic rings. The minimum atomic E-state index is -1.71. The molecule has 36 heavy (non-hydrogen) atoms. The summed E-state index contributed by atoms with van der Waals surface area (Å²) in [6.07, 6.45) is 2.74. The van der Waals surface area contributed by atoms with E-state index in [0.717, 1.165) is 0 Å². The fourth-order valence-corrected chi connectivity index (χ4v) is 3.18. The molecule has 0 bridgehead atoms. The molecule has 0 aliphatic heterocycles. The van der Waals surface area contributed by atoms with Crippen LogP contribution in [0.15, 0.2) is 35.0 Å². The second kappa shape index (κ2) is 9.56. The number of aryl methyl sites for hydroxylation is 2. The number of carbonyl (C=O) groups is 2. The second-order valence-electron chi connectivity index (χ2n) is 7.56. The number of nitrogens with one attached hydrogen (secondary N) is 2. The molecule has 3 heterocycles. The van der Waals surface area contributed by atoms with Crippen molar-refractivity contribution in [2.45, 2.75) is 13.5 Å². The lowest BCUT2D eigenvalue weighted by atomic mass is 10.3. The number of ether oxygens (including phenoxy) is 1. The second-order valence-corrected chi connectivity index (χ2v) is 7.56. The van der Waals surface area contributed by atoms with Gasteiger partial charge in [0.1, 0.15) is 18.1 Å². The maximum absolute atomic E-state index is 13.7. The van der Waals surface area contributed by atoms with E-state index in [1.807, 2.05) is 0 Å². The van der Waals surface area contributed by atoms with Gasteiger partial charge in [0.2, 0.25) is 11.6 Å². The molecule has 10 nitrogen and oxygen atoms in total. The van der Waals surface area contributed by atoms with E-state index >= 15 is 0 Å². The van der Waals surface area contributed by atoms with Gasteiger partial charge in [-0.1, -0.05) is 0 Å². The topological polar surface area (TPSA) is 116 Å². The van der Waals surface area contributed by atoms with Gasteiger partial charge in [0, 0.05) is 20.2 Å². The normalized spacial score (nSPS) is 11.0. The molecule has 0 unspecified atom stereocenters. The molecule has 0 atom stereocenters. The molecule has 2 N–H and O–H groups in total. The maximum atomic E-state index is 13.7. The number of halogens is 4. The van der Waals surface area contributed by atoms with Gasteiger partial charge in [-0.2, -0.15) is 19.0 Å². The van der Waals surface area contributed by atoms with E-state index in [9.17, 15) is 27.2 Å². The van der Waals surface area contributed by atoms with Crippen LogP contribution in [0.1, 0.15) is 32.5 Å². The molecule has 0 saturated carbocycles. The van der Waals surface area contributed by atoms with Crippen LogP contribution in [0.25, 0.3) is 0 Å². The number of nitrogens with zero attached hydrogens (tertiary/aromatic N) is 4. The third-order valence-electron chi connectivity index (χ3n) is 5.20. The quantitative estimate of drug-likeness (QED) is 0.292. The SMILES string of the molecule is Cc1c(NC(=O)c2c(NC(=O)c3ccc(COc4c(F)c(F)cc(F)c4F)o3)cnn2C)cnn1C. The Hall–Kier alpha value is -4.62. The number of hydrogen-bond acceptors (Lipinski definition) is 6. The highest BCUT2D eigenvalue weighted by Gasteiger charge is 2.23. The number of hydrogen-bond donors (Lipinski definition) is 2. The van der Waals surface area contributed by atoms with Gasteiger partial charge < -0.3 is 19.8 Å². The predicted molar refractivity (Wildman–Crippen MR) is 116 cm³/mol. The van der Waals surface area contributed by atoms with Crippen molar-refractivity contribution in [1.82, 2.24) is 19.6 Å². The molecule has 4 aromatic rings. The van der Waals surface area contributed by atoms with Crippen molar-refractivity contribution < 1.29 is 36.3 Å². The van der Waals surface area contributed by atoms with Gasteiger partial charge in [0.25, 0.3) is 11.8 Å². The summed E-state index contributed by atoms with van der Waals surface area (Å²) in [5, 5.41) is 13.2. The zero-order valence-electron chi connectivity index (χ0n) is 19.0. The Kier molecular flexibility index (Phi) is 6.51. The van der Waals surface area contributed by atoms with Crippen molar-refractivity contribution >= 4 is 23.2 Å². The van der Waals surface area contributed by atoms with Crippen LogP contribution in [0.2, 0.25) is 0 Å². The first-order chi connectivity index (χ1) is 17.1. The summed E-state index contributed by atoms with van der Waals surface area (Å²) in [7, 11) is 3.23. The third kappa shape index (κ3) is 4.64. The van der Waals surface area contributed by atoms with Crippen molar-refractivity contribution in [3.8, 4) is 5.75 Å². The van der Waals surface area contributed by atoms with E-state index in [1.54, 1.807) is 18.7 Å². The summed E-state index contributed by atoms with van der Waals surface area (Å²) in [6, 6.07) is 2.56. The molecule has 2 amide bonds. The molecule has 0 saturated heterocycles. The lowest BCUT2D eigenvalue weighted by Gasteiger charge is -2.09. The Balaban J connectivity index is 1.45. The van der Waals surface area contributed by atoms with Gasteiger partial charge in [-0.15, -0.1) is 0 Å². The Morgan fingerprint density at radius 3 is 2.19 bits per heavy atom. The monoisotopic (exact) mass is 506 g/mol. The molecule has 1 aromatic carbocycles. The molecule has 3 aromatic heterocycles. The number of carbonyl (C=O) groups excluding carboxylic acids is 2. The van der Waals surface area contributed by atoms with Gasteiger partial charge in [-0.3, -0.25) is 19.0 Å². The van der Waals surface area contributed by atoms with Gasteiger partial charge in [-0.05, 0) is 19.1 Å². The highest BCUT2D eigenvalue weighted by atomic mass is 19.2. The van der Waals surface area contributed by atoms with E-state index < -0.39 is 47.4 Å². The number of amides is 2. The molecule has 0 radical (unpaired) electrons. The Morgan fingerprint density at radius 1 is 0.944 bits per heavy atom. The lowest BCUT2D eigenvalue weighted by Crippen LogP contribution is -2.20. The van der Waals surface area contributed by atoms with Gasteiger partial charge >= 0.3 is 0 Å². The molecule has 14 heteroatoms. The molecular formula is C22H18F4N6O4. The first-order valence-corrected chi connectivity index (χ1v) is 10.2. The lowest BCUT2D eigenvalue weighted by molar-refractivity contribution is 0.0992. The number of aromatic nitrogens is 4. The van der Waals surface area contributed by atoms with Crippen molar-refractivity contribution in [3.63, 3.8) is 0 Å². The zero-order chi connectivity index (χ0) is 26.1. The van der Waals surface area contributed by atoms with E-state index in [1.165, 1.54) is 36.3 Å². The predicted octanol–water partition coefficient (Wildman–Crippen LogP) is 3.70. The molecule has 0 spiro atoms. The van der Waals surface area contributed by atoms with Crippen LogP contribution >= 0.6 is 0 Å². The van der Waals surface area contributed by atoms with Crippen LogP contribution in [-0.4, -0.2) is 31.4 Å². The van der Waals surface area contributed by atoms with Crippen molar-refractivity contribution in [3.05, 3.63) is 76.8 Å². The summed E-state index contributed by atoms with van der Waals surface area (Å²) in [6.45, 7) is 1.13. The third-order valence-corrected chi connectivity index (χ3v) is 5.20. The Labute approximate surface area is 200 Å². The minimum Gasteiger partial charge on any atom is -0.479 e. The summed E-state index contributed by atoms with van der Waals surface area (Å²) in [5.41, 5.74) is 1.31. The van der Waals surface area contributed by atoms with E-state index in [4.69, 9.17) is 9.15 Å². The largest absolute Gasteiger partial charge is 0.479 e. The smallest absolute Gasteiger partial charge is 0.291 e. The van der Waals surface area contributed by atoms with Crippen LogP contribution in [0.5, 0.6) is 5.75 Å². The highest BCUT2D eigenvalue weighted by molar-refractivity contribution is 6.11. The van der Waals surface area contributed by atoms with Crippen molar-refractivity contribution in [2.24, 2.45) is 14.1 Å². The minimum absolute atomic E-state index is 0.0424.